The molecule has 0 rings (SSSR count). The molecule has 0 N–H and O–H groups in total. The minimum atomic E-state index is -0.539. The molecule has 2 atom stereocenters. The maximum absolute atomic E-state index is 10.2. The zero-order chi connectivity index (χ0) is 7.98. The molecule has 58 valence electrons. The van der Waals surface area contributed by atoms with Gasteiger partial charge in [-0.05, 0) is 0 Å². The van der Waals surface area contributed by atoms with E-state index in [0.29, 0.717) is 6.29 Å². The van der Waals surface area contributed by atoms with Crippen molar-refractivity contribution in [3.63, 3.8) is 0 Å². The smallest absolute Gasteiger partial charge is 0.151 e. The summed E-state index contributed by atoms with van der Waals surface area (Å²) in [5.41, 5.74) is 0. The molecule has 0 heterocycles. The van der Waals surface area contributed by atoms with Gasteiger partial charge in [0.15, 0.2) is 6.29 Å². The van der Waals surface area contributed by atoms with Crippen molar-refractivity contribution in [2.24, 2.45) is 0 Å². The highest BCUT2D eigenvalue weighted by atomic mass is 16.5. The average molecular weight is 144 g/mol. The van der Waals surface area contributed by atoms with Crippen LogP contribution in [0.1, 0.15) is 0 Å². The molecule has 0 fully saturated rings. The quantitative estimate of drug-likeness (QED) is 0.414. The summed E-state index contributed by atoms with van der Waals surface area (Å²) in [6.45, 7) is 3.48. The van der Waals surface area contributed by atoms with E-state index in [1.807, 2.05) is 0 Å². The Morgan fingerprint density at radius 1 is 1.30 bits per heavy atom. The zero-order valence-corrected chi connectivity index (χ0v) is 6.24. The average Bonchev–Trinajstić information content (AvgIpc) is 2.00. The molecule has 10 heavy (non-hydrogen) atoms. The number of carbonyl (C=O) groups is 1. The molecule has 3 heteroatoms. The first-order valence-corrected chi connectivity index (χ1v) is 2.93. The topological polar surface area (TPSA) is 35.5 Å². The van der Waals surface area contributed by atoms with Gasteiger partial charge in [0.05, 0.1) is 0 Å². The predicted octanol–water partition coefficient (Wildman–Crippen LogP) is 0.401. The third kappa shape index (κ3) is 2.29. The molecule has 0 bridgehead atoms. The highest BCUT2D eigenvalue weighted by Gasteiger charge is 2.15. The Kier molecular flexibility index (Phi) is 4.80. The molecule has 0 aromatic rings. The fourth-order valence-corrected chi connectivity index (χ4v) is 0.632. The Morgan fingerprint density at radius 3 is 1.90 bits per heavy atom. The maximum Gasteiger partial charge on any atom is 0.151 e. The molecule has 0 aliphatic heterocycles. The summed E-state index contributed by atoms with van der Waals surface area (Å²) in [7, 11) is 2.95. The normalized spacial score (nSPS) is 15.8. The highest BCUT2D eigenvalue weighted by Crippen LogP contribution is 1.99. The lowest BCUT2D eigenvalue weighted by Gasteiger charge is -2.15. The fourth-order valence-electron chi connectivity index (χ4n) is 0.632. The van der Waals surface area contributed by atoms with Crippen molar-refractivity contribution < 1.29 is 14.3 Å². The summed E-state index contributed by atoms with van der Waals surface area (Å²) >= 11 is 0. The molecule has 0 aromatic carbocycles. The number of methoxy groups -OCH3 is 2. The van der Waals surface area contributed by atoms with Crippen LogP contribution in [0.5, 0.6) is 0 Å². The Hall–Kier alpha value is -0.670. The summed E-state index contributed by atoms with van der Waals surface area (Å²) in [5, 5.41) is 0. The van der Waals surface area contributed by atoms with Crippen molar-refractivity contribution in [2.75, 3.05) is 14.2 Å². The van der Waals surface area contributed by atoms with Crippen LogP contribution in [0.3, 0.4) is 0 Å². The first-order chi connectivity index (χ1) is 4.79. The first-order valence-electron chi connectivity index (χ1n) is 2.93. The first kappa shape index (κ1) is 9.33. The fraction of sp³-hybridized carbons (Fsp3) is 0.571. The standard InChI is InChI=1S/C7H12O3/c1-4-6(9-2)7(5-8)10-3/h4-7H,1H2,2-3H3/t6-,7+/m1/s1. The van der Waals surface area contributed by atoms with Crippen LogP contribution in [0.25, 0.3) is 0 Å². The third-order valence-corrected chi connectivity index (χ3v) is 1.23. The highest BCUT2D eigenvalue weighted by molar-refractivity contribution is 5.57. The molecule has 0 aromatic heterocycles. The van der Waals surface area contributed by atoms with Gasteiger partial charge in [-0.15, -0.1) is 6.58 Å². The van der Waals surface area contributed by atoms with Gasteiger partial charge >= 0.3 is 0 Å². The molecule has 0 aliphatic carbocycles. The van der Waals surface area contributed by atoms with Crippen LogP contribution in [0.15, 0.2) is 12.7 Å². The number of carbonyl (C=O) groups excluding carboxylic acids is 1. The van der Waals surface area contributed by atoms with Crippen molar-refractivity contribution in [3.8, 4) is 0 Å². The van der Waals surface area contributed by atoms with Gasteiger partial charge in [-0.25, -0.2) is 0 Å². The van der Waals surface area contributed by atoms with Crippen LogP contribution in [0.4, 0.5) is 0 Å². The van der Waals surface area contributed by atoms with E-state index < -0.39 is 6.10 Å². The van der Waals surface area contributed by atoms with Crippen LogP contribution >= 0.6 is 0 Å². The SMILES string of the molecule is C=C[C@@H](OC)[C@H](C=O)OC. The van der Waals surface area contributed by atoms with E-state index in [0.717, 1.165) is 0 Å². The minimum Gasteiger partial charge on any atom is -0.374 e. The van der Waals surface area contributed by atoms with Crippen molar-refractivity contribution in [2.45, 2.75) is 12.2 Å². The van der Waals surface area contributed by atoms with Crippen LogP contribution in [0.2, 0.25) is 0 Å². The van der Waals surface area contributed by atoms with Crippen molar-refractivity contribution in [1.82, 2.24) is 0 Å². The van der Waals surface area contributed by atoms with E-state index in [-0.39, 0.29) is 6.10 Å². The number of hydrogen-bond acceptors (Lipinski definition) is 3. The zero-order valence-electron chi connectivity index (χ0n) is 6.24. The second-order valence-corrected chi connectivity index (χ2v) is 1.77. The lowest BCUT2D eigenvalue weighted by Crippen LogP contribution is -2.29. The Balaban J connectivity index is 3.93. The van der Waals surface area contributed by atoms with Gasteiger partial charge in [0, 0.05) is 14.2 Å². The summed E-state index contributed by atoms with van der Waals surface area (Å²) in [4.78, 5) is 10.2. The Bertz CT molecular complexity index is 97.4. The molecular formula is C7H12O3. The van der Waals surface area contributed by atoms with E-state index in [4.69, 9.17) is 9.47 Å². The molecule has 3 nitrogen and oxygen atoms in total. The van der Waals surface area contributed by atoms with E-state index >= 15 is 0 Å². The van der Waals surface area contributed by atoms with Gasteiger partial charge in [-0.1, -0.05) is 6.08 Å². The van der Waals surface area contributed by atoms with E-state index in [2.05, 4.69) is 6.58 Å². The number of aldehydes is 1. The van der Waals surface area contributed by atoms with E-state index in [1.165, 1.54) is 20.3 Å². The summed E-state index contributed by atoms with van der Waals surface area (Å²) < 4.78 is 9.65. The van der Waals surface area contributed by atoms with Gasteiger partial charge in [-0.3, -0.25) is 0 Å². The molecule has 0 unspecified atom stereocenters. The van der Waals surface area contributed by atoms with Gasteiger partial charge in [0.2, 0.25) is 0 Å². The van der Waals surface area contributed by atoms with Crippen LogP contribution in [-0.2, 0) is 14.3 Å². The lowest BCUT2D eigenvalue weighted by molar-refractivity contribution is -0.122. The van der Waals surface area contributed by atoms with Gasteiger partial charge in [-0.2, -0.15) is 0 Å². The molecule has 0 saturated heterocycles. The number of hydrogen-bond donors (Lipinski definition) is 0. The van der Waals surface area contributed by atoms with Crippen molar-refractivity contribution in [3.05, 3.63) is 12.7 Å². The predicted molar refractivity (Wildman–Crippen MR) is 37.9 cm³/mol. The molecule has 0 spiro atoms. The van der Waals surface area contributed by atoms with Gasteiger partial charge in [0.1, 0.15) is 12.2 Å². The molecule has 0 radical (unpaired) electrons. The Labute approximate surface area is 60.6 Å². The summed E-state index contributed by atoms with van der Waals surface area (Å²) in [6, 6.07) is 0. The van der Waals surface area contributed by atoms with E-state index in [1.54, 1.807) is 0 Å². The molecule has 0 saturated carbocycles. The molecule has 0 amide bonds. The van der Waals surface area contributed by atoms with Crippen LogP contribution in [0, 0.1) is 0 Å². The van der Waals surface area contributed by atoms with Gasteiger partial charge < -0.3 is 14.3 Å². The van der Waals surface area contributed by atoms with Crippen molar-refractivity contribution >= 4 is 6.29 Å². The van der Waals surface area contributed by atoms with Crippen LogP contribution < -0.4 is 0 Å². The van der Waals surface area contributed by atoms with Crippen LogP contribution in [-0.4, -0.2) is 32.7 Å². The summed E-state index contributed by atoms with van der Waals surface area (Å²) in [5.74, 6) is 0. The van der Waals surface area contributed by atoms with Gasteiger partial charge in [0.25, 0.3) is 0 Å². The number of rotatable bonds is 5. The third-order valence-electron chi connectivity index (χ3n) is 1.23. The lowest BCUT2D eigenvalue weighted by atomic mass is 10.2. The van der Waals surface area contributed by atoms with Crippen molar-refractivity contribution in [1.29, 1.82) is 0 Å². The molecule has 0 aliphatic rings. The number of ether oxygens (including phenoxy) is 2. The monoisotopic (exact) mass is 144 g/mol. The second-order valence-electron chi connectivity index (χ2n) is 1.77. The second kappa shape index (κ2) is 5.14. The summed E-state index contributed by atoms with van der Waals surface area (Å²) in [6.07, 6.45) is 1.34. The Morgan fingerprint density at radius 2 is 1.80 bits per heavy atom. The maximum atomic E-state index is 10.2. The van der Waals surface area contributed by atoms with E-state index in [9.17, 15) is 4.79 Å². The molecular weight excluding hydrogens is 132 g/mol. The largest absolute Gasteiger partial charge is 0.374 e. The minimum absolute atomic E-state index is 0.345.